The molecular weight excluding hydrogens is 288 g/mol. The number of carbonyl (C=O) groups is 1. The number of carbonyl (C=O) groups excluding carboxylic acids is 1. The average molecular weight is 309 g/mol. The Hall–Kier alpha value is -1.33. The van der Waals surface area contributed by atoms with E-state index in [0.717, 1.165) is 19.6 Å². The molecule has 5 nitrogen and oxygen atoms in total. The van der Waals surface area contributed by atoms with E-state index in [9.17, 15) is 4.79 Å². The summed E-state index contributed by atoms with van der Waals surface area (Å²) >= 11 is 6.16. The molecule has 2 saturated heterocycles. The number of halogens is 1. The molecular formula is C15H21ClN4O. The van der Waals surface area contributed by atoms with Gasteiger partial charge in [0.05, 0.1) is 5.02 Å². The van der Waals surface area contributed by atoms with Crippen molar-refractivity contribution in [3.05, 3.63) is 22.8 Å². The third-order valence-electron chi connectivity index (χ3n) is 4.43. The number of amides is 1. The molecule has 1 unspecified atom stereocenters. The molecule has 1 aromatic heterocycles. The number of anilines is 1. The number of hydrogen-bond acceptors (Lipinski definition) is 4. The van der Waals surface area contributed by atoms with E-state index in [2.05, 4.69) is 15.2 Å². The summed E-state index contributed by atoms with van der Waals surface area (Å²) in [7, 11) is 1.78. The first-order chi connectivity index (χ1) is 10.2. The molecule has 0 radical (unpaired) electrons. The highest BCUT2D eigenvalue weighted by atomic mass is 35.5. The average Bonchev–Trinajstić information content (AvgIpc) is 2.54. The number of fused-ring (bicyclic) bond motifs is 1. The van der Waals surface area contributed by atoms with Crippen LogP contribution in [0.1, 0.15) is 29.8 Å². The largest absolute Gasteiger partial charge is 0.373 e. The third kappa shape index (κ3) is 2.99. The fraction of sp³-hybridized carbons (Fsp3) is 0.600. The van der Waals surface area contributed by atoms with E-state index < -0.39 is 0 Å². The van der Waals surface area contributed by atoms with Gasteiger partial charge in [0.15, 0.2) is 0 Å². The second kappa shape index (κ2) is 6.20. The van der Waals surface area contributed by atoms with Crippen LogP contribution in [0, 0.1) is 0 Å². The molecule has 3 heterocycles. The Morgan fingerprint density at radius 3 is 3.00 bits per heavy atom. The van der Waals surface area contributed by atoms with Crippen LogP contribution in [0.15, 0.2) is 12.1 Å². The van der Waals surface area contributed by atoms with Crippen molar-refractivity contribution < 1.29 is 4.79 Å². The van der Waals surface area contributed by atoms with E-state index in [1.165, 1.54) is 25.8 Å². The molecule has 114 valence electrons. The summed E-state index contributed by atoms with van der Waals surface area (Å²) in [5, 5.41) is 3.37. The number of aromatic nitrogens is 1. The van der Waals surface area contributed by atoms with E-state index in [0.29, 0.717) is 22.6 Å². The number of pyridine rings is 1. The Labute approximate surface area is 130 Å². The van der Waals surface area contributed by atoms with E-state index in [-0.39, 0.29) is 5.91 Å². The Morgan fingerprint density at radius 1 is 1.33 bits per heavy atom. The Morgan fingerprint density at radius 2 is 2.19 bits per heavy atom. The Balaban J connectivity index is 1.76. The van der Waals surface area contributed by atoms with Gasteiger partial charge < -0.3 is 10.2 Å². The number of piperidine rings is 1. The first-order valence-corrected chi connectivity index (χ1v) is 7.94. The molecule has 1 amide bonds. The number of rotatable bonds is 2. The molecule has 2 fully saturated rings. The highest BCUT2D eigenvalue weighted by Crippen LogP contribution is 2.24. The van der Waals surface area contributed by atoms with Gasteiger partial charge in [0, 0.05) is 32.7 Å². The van der Waals surface area contributed by atoms with E-state index in [1.54, 1.807) is 19.2 Å². The SMILES string of the molecule is CNc1ccc(Cl)c(C(=O)N2CCN3CCCCC3C2)n1. The fourth-order valence-electron chi connectivity index (χ4n) is 3.22. The summed E-state index contributed by atoms with van der Waals surface area (Å²) < 4.78 is 0. The van der Waals surface area contributed by atoms with Gasteiger partial charge in [-0.1, -0.05) is 18.0 Å². The zero-order chi connectivity index (χ0) is 14.8. The topological polar surface area (TPSA) is 48.5 Å². The highest BCUT2D eigenvalue weighted by Gasteiger charge is 2.32. The van der Waals surface area contributed by atoms with Gasteiger partial charge >= 0.3 is 0 Å². The molecule has 3 rings (SSSR count). The maximum atomic E-state index is 12.7. The predicted octanol–water partition coefficient (Wildman–Crippen LogP) is 2.09. The van der Waals surface area contributed by atoms with Crippen molar-refractivity contribution in [3.8, 4) is 0 Å². The van der Waals surface area contributed by atoms with Gasteiger partial charge in [0.1, 0.15) is 11.5 Å². The smallest absolute Gasteiger partial charge is 0.274 e. The quantitative estimate of drug-likeness (QED) is 0.909. The molecule has 0 saturated carbocycles. The van der Waals surface area contributed by atoms with Crippen molar-refractivity contribution >= 4 is 23.3 Å². The first-order valence-electron chi connectivity index (χ1n) is 7.56. The molecule has 2 aliphatic rings. The zero-order valence-corrected chi connectivity index (χ0v) is 13.1. The van der Waals surface area contributed by atoms with Gasteiger partial charge in [0.25, 0.3) is 5.91 Å². The molecule has 1 aromatic rings. The molecule has 21 heavy (non-hydrogen) atoms. The lowest BCUT2D eigenvalue weighted by Crippen LogP contribution is -2.56. The second-order valence-electron chi connectivity index (χ2n) is 5.71. The lowest BCUT2D eigenvalue weighted by molar-refractivity contribution is 0.0368. The minimum atomic E-state index is -0.0534. The summed E-state index contributed by atoms with van der Waals surface area (Å²) in [6, 6.07) is 4.01. The van der Waals surface area contributed by atoms with E-state index >= 15 is 0 Å². The molecule has 1 N–H and O–H groups in total. The van der Waals surface area contributed by atoms with Crippen LogP contribution >= 0.6 is 11.6 Å². The van der Waals surface area contributed by atoms with Crippen molar-refractivity contribution in [2.45, 2.75) is 25.3 Å². The number of hydrogen-bond donors (Lipinski definition) is 1. The fourth-order valence-corrected chi connectivity index (χ4v) is 3.41. The highest BCUT2D eigenvalue weighted by molar-refractivity contribution is 6.33. The van der Waals surface area contributed by atoms with Crippen LogP contribution < -0.4 is 5.32 Å². The maximum Gasteiger partial charge on any atom is 0.274 e. The first kappa shape index (κ1) is 14.6. The Kier molecular flexibility index (Phi) is 4.31. The van der Waals surface area contributed by atoms with Crippen LogP contribution in [-0.4, -0.2) is 60.0 Å². The van der Waals surface area contributed by atoms with Crippen LogP contribution in [0.4, 0.5) is 5.82 Å². The summed E-state index contributed by atoms with van der Waals surface area (Å²) in [6.45, 7) is 3.68. The van der Waals surface area contributed by atoms with E-state index in [4.69, 9.17) is 11.6 Å². The van der Waals surface area contributed by atoms with Crippen molar-refractivity contribution in [3.63, 3.8) is 0 Å². The van der Waals surface area contributed by atoms with Crippen LogP contribution in [-0.2, 0) is 0 Å². The van der Waals surface area contributed by atoms with Gasteiger partial charge in [-0.15, -0.1) is 0 Å². The van der Waals surface area contributed by atoms with Crippen molar-refractivity contribution in [2.24, 2.45) is 0 Å². The second-order valence-corrected chi connectivity index (χ2v) is 6.12. The third-order valence-corrected chi connectivity index (χ3v) is 4.73. The number of piperazine rings is 1. The Bertz CT molecular complexity index is 536. The van der Waals surface area contributed by atoms with Crippen LogP contribution in [0.25, 0.3) is 0 Å². The van der Waals surface area contributed by atoms with Crippen molar-refractivity contribution in [2.75, 3.05) is 38.5 Å². The van der Waals surface area contributed by atoms with Gasteiger partial charge in [-0.2, -0.15) is 0 Å². The maximum absolute atomic E-state index is 12.7. The molecule has 1 atom stereocenters. The van der Waals surface area contributed by atoms with Gasteiger partial charge in [0.2, 0.25) is 0 Å². The molecule has 2 aliphatic heterocycles. The summed E-state index contributed by atoms with van der Waals surface area (Å²) in [6.07, 6.45) is 3.72. The molecule has 0 spiro atoms. The summed E-state index contributed by atoms with van der Waals surface area (Å²) in [4.78, 5) is 21.4. The summed E-state index contributed by atoms with van der Waals surface area (Å²) in [5.74, 6) is 0.612. The van der Waals surface area contributed by atoms with Crippen LogP contribution in [0.5, 0.6) is 0 Å². The molecule has 0 bridgehead atoms. The monoisotopic (exact) mass is 308 g/mol. The summed E-state index contributed by atoms with van der Waals surface area (Å²) in [5.41, 5.74) is 0.354. The standard InChI is InChI=1S/C15H21ClN4O/c1-17-13-6-5-12(16)14(18-13)15(21)20-9-8-19-7-3-2-4-11(19)10-20/h5-6,11H,2-4,7-10H2,1H3,(H,17,18). The molecule has 0 aromatic carbocycles. The predicted molar refractivity (Wildman–Crippen MR) is 83.9 cm³/mol. The van der Waals surface area contributed by atoms with Crippen molar-refractivity contribution in [1.29, 1.82) is 0 Å². The lowest BCUT2D eigenvalue weighted by Gasteiger charge is -2.43. The van der Waals surface area contributed by atoms with Crippen molar-refractivity contribution in [1.82, 2.24) is 14.8 Å². The minimum Gasteiger partial charge on any atom is -0.373 e. The van der Waals surface area contributed by atoms with Crippen LogP contribution in [0.3, 0.4) is 0 Å². The van der Waals surface area contributed by atoms with Gasteiger partial charge in [-0.3, -0.25) is 9.69 Å². The van der Waals surface area contributed by atoms with E-state index in [1.807, 2.05) is 4.90 Å². The zero-order valence-electron chi connectivity index (χ0n) is 12.3. The molecule has 6 heteroatoms. The lowest BCUT2D eigenvalue weighted by atomic mass is 9.99. The van der Waals surface area contributed by atoms with Gasteiger partial charge in [-0.05, 0) is 31.5 Å². The molecule has 0 aliphatic carbocycles. The normalized spacial score (nSPS) is 22.8. The number of nitrogens with one attached hydrogen (secondary N) is 1. The van der Waals surface area contributed by atoms with Crippen LogP contribution in [0.2, 0.25) is 5.02 Å². The number of nitrogens with zero attached hydrogens (tertiary/aromatic N) is 3. The minimum absolute atomic E-state index is 0.0534. The van der Waals surface area contributed by atoms with Gasteiger partial charge in [-0.25, -0.2) is 4.98 Å².